The van der Waals surface area contributed by atoms with E-state index in [0.717, 1.165) is 39.1 Å². The van der Waals surface area contributed by atoms with E-state index in [1.54, 1.807) is 0 Å². The van der Waals surface area contributed by atoms with Crippen LogP contribution in [-0.4, -0.2) is 50.9 Å². The first kappa shape index (κ1) is 14.9. The van der Waals surface area contributed by atoms with E-state index in [0.29, 0.717) is 19.8 Å². The van der Waals surface area contributed by atoms with Crippen molar-refractivity contribution in [3.05, 3.63) is 0 Å². The van der Waals surface area contributed by atoms with Crippen molar-refractivity contribution in [1.29, 1.82) is 0 Å². The quantitative estimate of drug-likeness (QED) is 0.595. The zero-order valence-corrected chi connectivity index (χ0v) is 11.1. The van der Waals surface area contributed by atoms with Gasteiger partial charge in [0.25, 0.3) is 0 Å². The van der Waals surface area contributed by atoms with Gasteiger partial charge in [-0.15, -0.1) is 0 Å². The smallest absolute Gasteiger partial charge is 0.101 e. The fourth-order valence-corrected chi connectivity index (χ4v) is 1.71. The molecule has 0 aromatic heterocycles. The summed E-state index contributed by atoms with van der Waals surface area (Å²) < 4.78 is 16.1. The van der Waals surface area contributed by atoms with Crippen molar-refractivity contribution in [2.45, 2.75) is 39.2 Å². The zero-order chi connectivity index (χ0) is 12.6. The second kappa shape index (κ2) is 8.03. The highest BCUT2D eigenvalue weighted by molar-refractivity contribution is 4.83. The zero-order valence-electron chi connectivity index (χ0n) is 11.1. The Balaban J connectivity index is 1.98. The molecule has 17 heavy (non-hydrogen) atoms. The molecular formula is C13H26O4. The number of aliphatic hydroxyl groups is 1. The maximum atomic E-state index is 9.63. The van der Waals surface area contributed by atoms with E-state index in [1.165, 1.54) is 0 Å². The summed E-state index contributed by atoms with van der Waals surface area (Å²) in [7, 11) is 0. The highest BCUT2D eigenvalue weighted by atomic mass is 16.5. The third-order valence-electron chi connectivity index (χ3n) is 3.24. The number of unbranched alkanes of at least 4 members (excludes halogenated alkanes) is 1. The lowest BCUT2D eigenvalue weighted by atomic mass is 9.84. The van der Waals surface area contributed by atoms with E-state index >= 15 is 0 Å². The predicted molar refractivity (Wildman–Crippen MR) is 66.1 cm³/mol. The van der Waals surface area contributed by atoms with Crippen molar-refractivity contribution >= 4 is 0 Å². The maximum absolute atomic E-state index is 9.63. The normalized spacial score (nSPS) is 19.9. The number of hydrogen-bond donors (Lipinski definition) is 1. The molecule has 1 N–H and O–H groups in total. The lowest BCUT2D eigenvalue weighted by Crippen LogP contribution is -2.46. The Kier molecular flexibility index (Phi) is 7.04. The molecule has 0 spiro atoms. The molecule has 1 saturated heterocycles. The summed E-state index contributed by atoms with van der Waals surface area (Å²) in [6.07, 6.45) is 2.72. The van der Waals surface area contributed by atoms with Gasteiger partial charge in [0, 0.05) is 12.0 Å². The second-order valence-corrected chi connectivity index (χ2v) is 4.94. The first-order valence-corrected chi connectivity index (χ1v) is 6.64. The van der Waals surface area contributed by atoms with Gasteiger partial charge in [-0.3, -0.25) is 0 Å². The van der Waals surface area contributed by atoms with E-state index in [1.807, 2.05) is 0 Å². The molecule has 0 aliphatic carbocycles. The van der Waals surface area contributed by atoms with Gasteiger partial charge in [0.15, 0.2) is 0 Å². The monoisotopic (exact) mass is 246 g/mol. The van der Waals surface area contributed by atoms with Crippen LogP contribution in [0.4, 0.5) is 0 Å². The molecule has 1 aliphatic rings. The fourth-order valence-electron chi connectivity index (χ4n) is 1.71. The molecule has 4 heteroatoms. The predicted octanol–water partition coefficient (Wildman–Crippen LogP) is 1.61. The van der Waals surface area contributed by atoms with Crippen molar-refractivity contribution in [3.8, 4) is 0 Å². The van der Waals surface area contributed by atoms with Gasteiger partial charge in [-0.1, -0.05) is 20.3 Å². The van der Waals surface area contributed by atoms with Crippen molar-refractivity contribution < 1.29 is 19.3 Å². The Morgan fingerprint density at radius 3 is 2.47 bits per heavy atom. The van der Waals surface area contributed by atoms with Crippen molar-refractivity contribution in [1.82, 2.24) is 0 Å². The van der Waals surface area contributed by atoms with Crippen LogP contribution in [0.3, 0.4) is 0 Å². The summed E-state index contributed by atoms with van der Waals surface area (Å²) in [5.41, 5.74) is 0.197. The van der Waals surface area contributed by atoms with Crippen LogP contribution in [0.25, 0.3) is 0 Å². The van der Waals surface area contributed by atoms with Crippen LogP contribution in [0.1, 0.15) is 33.1 Å². The Bertz CT molecular complexity index is 186. The SMILES string of the molecule is CCCCOCC(O)COCC1(CC)COC1. The topological polar surface area (TPSA) is 47.9 Å². The molecule has 1 fully saturated rings. The van der Waals surface area contributed by atoms with Crippen LogP contribution in [0.5, 0.6) is 0 Å². The Labute approximate surface area is 104 Å². The molecule has 0 aromatic carbocycles. The van der Waals surface area contributed by atoms with Gasteiger partial charge in [0.2, 0.25) is 0 Å². The minimum absolute atomic E-state index is 0.197. The maximum Gasteiger partial charge on any atom is 0.101 e. The third-order valence-corrected chi connectivity index (χ3v) is 3.24. The molecule has 1 heterocycles. The minimum atomic E-state index is -0.512. The van der Waals surface area contributed by atoms with E-state index in [2.05, 4.69) is 13.8 Å². The Hall–Kier alpha value is -0.160. The molecule has 102 valence electrons. The van der Waals surface area contributed by atoms with Gasteiger partial charge < -0.3 is 19.3 Å². The molecule has 4 nitrogen and oxygen atoms in total. The standard InChI is InChI=1S/C13H26O4/c1-3-5-6-15-7-12(14)8-16-9-13(4-2)10-17-11-13/h12,14H,3-11H2,1-2H3. The number of ether oxygens (including phenoxy) is 3. The van der Waals surface area contributed by atoms with E-state index < -0.39 is 6.10 Å². The molecule has 1 aliphatic heterocycles. The molecule has 1 atom stereocenters. The van der Waals surface area contributed by atoms with E-state index in [-0.39, 0.29) is 5.41 Å². The minimum Gasteiger partial charge on any atom is -0.388 e. The molecule has 0 radical (unpaired) electrons. The average Bonchev–Trinajstić information content (AvgIpc) is 2.28. The fraction of sp³-hybridized carbons (Fsp3) is 1.00. The van der Waals surface area contributed by atoms with E-state index in [9.17, 15) is 5.11 Å². The van der Waals surface area contributed by atoms with Crippen LogP contribution in [0.15, 0.2) is 0 Å². The number of hydrogen-bond acceptors (Lipinski definition) is 4. The van der Waals surface area contributed by atoms with Crippen LogP contribution in [-0.2, 0) is 14.2 Å². The van der Waals surface area contributed by atoms with Gasteiger partial charge in [-0.2, -0.15) is 0 Å². The number of aliphatic hydroxyl groups excluding tert-OH is 1. The largest absolute Gasteiger partial charge is 0.388 e. The first-order valence-electron chi connectivity index (χ1n) is 6.64. The Morgan fingerprint density at radius 1 is 1.24 bits per heavy atom. The molecule has 1 unspecified atom stereocenters. The summed E-state index contributed by atoms with van der Waals surface area (Å²) in [5, 5.41) is 9.63. The highest BCUT2D eigenvalue weighted by Gasteiger charge is 2.37. The molecule has 0 aromatic rings. The lowest BCUT2D eigenvalue weighted by Gasteiger charge is -2.40. The van der Waals surface area contributed by atoms with Crippen molar-refractivity contribution in [2.75, 3.05) is 39.6 Å². The van der Waals surface area contributed by atoms with Crippen LogP contribution >= 0.6 is 0 Å². The molecular weight excluding hydrogens is 220 g/mol. The summed E-state index contributed by atoms with van der Waals surface area (Å²) >= 11 is 0. The van der Waals surface area contributed by atoms with Gasteiger partial charge >= 0.3 is 0 Å². The third kappa shape index (κ3) is 5.34. The summed E-state index contributed by atoms with van der Waals surface area (Å²) in [5.74, 6) is 0. The Morgan fingerprint density at radius 2 is 1.94 bits per heavy atom. The van der Waals surface area contributed by atoms with Gasteiger partial charge in [-0.05, 0) is 12.8 Å². The van der Waals surface area contributed by atoms with Crippen LogP contribution in [0, 0.1) is 5.41 Å². The van der Waals surface area contributed by atoms with Gasteiger partial charge in [0.05, 0.1) is 33.0 Å². The first-order chi connectivity index (χ1) is 8.22. The van der Waals surface area contributed by atoms with Crippen LogP contribution < -0.4 is 0 Å². The van der Waals surface area contributed by atoms with Crippen molar-refractivity contribution in [2.24, 2.45) is 5.41 Å². The summed E-state index contributed by atoms with van der Waals surface area (Å²) in [4.78, 5) is 0. The lowest BCUT2D eigenvalue weighted by molar-refractivity contribution is -0.157. The van der Waals surface area contributed by atoms with Crippen molar-refractivity contribution in [3.63, 3.8) is 0 Å². The average molecular weight is 246 g/mol. The second-order valence-electron chi connectivity index (χ2n) is 4.94. The molecule has 0 saturated carbocycles. The van der Waals surface area contributed by atoms with Crippen LogP contribution in [0.2, 0.25) is 0 Å². The van der Waals surface area contributed by atoms with E-state index in [4.69, 9.17) is 14.2 Å². The highest BCUT2D eigenvalue weighted by Crippen LogP contribution is 2.31. The summed E-state index contributed by atoms with van der Waals surface area (Å²) in [6, 6.07) is 0. The number of rotatable bonds is 10. The molecule has 0 amide bonds. The summed E-state index contributed by atoms with van der Waals surface area (Å²) in [6.45, 7) is 7.96. The molecule has 1 rings (SSSR count). The molecule has 0 bridgehead atoms. The van der Waals surface area contributed by atoms with Gasteiger partial charge in [-0.25, -0.2) is 0 Å². The van der Waals surface area contributed by atoms with Gasteiger partial charge in [0.1, 0.15) is 6.10 Å².